The number of amides is 3. The number of allylic oxidation sites excluding steroid dienone is 1. The molecule has 2 aliphatic carbocycles. The zero-order valence-corrected chi connectivity index (χ0v) is 24.7. The summed E-state index contributed by atoms with van der Waals surface area (Å²) in [5, 5.41) is -0.608. The van der Waals surface area contributed by atoms with Crippen LogP contribution in [0, 0.1) is 17.2 Å². The molecule has 2 saturated carbocycles. The van der Waals surface area contributed by atoms with Gasteiger partial charge in [-0.1, -0.05) is 18.2 Å². The van der Waals surface area contributed by atoms with Crippen molar-refractivity contribution in [3.63, 3.8) is 0 Å². The average Bonchev–Trinajstić information content (AvgIpc) is 3.78. The number of hydrogen-bond acceptors (Lipinski definition) is 8. The van der Waals surface area contributed by atoms with E-state index in [0.717, 1.165) is 0 Å². The molecule has 1 aromatic carbocycles. The molecule has 11 nitrogen and oxygen atoms in total. The molecule has 4 atom stereocenters. The number of ether oxygens (including phenoxy) is 2. The second kappa shape index (κ2) is 10.7. The van der Waals surface area contributed by atoms with E-state index in [1.54, 1.807) is 32.9 Å². The van der Waals surface area contributed by atoms with Crippen molar-refractivity contribution in [3.05, 3.63) is 47.8 Å². The Hall–Kier alpha value is -3.48. The van der Waals surface area contributed by atoms with E-state index in [2.05, 4.69) is 11.3 Å². The van der Waals surface area contributed by atoms with Crippen LogP contribution in [-0.4, -0.2) is 71.6 Å². The lowest BCUT2D eigenvalue weighted by atomic mass is 9.91. The Balaban J connectivity index is 1.30. The van der Waals surface area contributed by atoms with Gasteiger partial charge in [-0.25, -0.2) is 22.4 Å². The lowest BCUT2D eigenvalue weighted by molar-refractivity contribution is -0.131. The zero-order chi connectivity index (χ0) is 30.6. The number of nitrogens with one attached hydrogen (secondary N) is 1. The molecule has 2 heterocycles. The second-order valence-corrected chi connectivity index (χ2v) is 14.6. The van der Waals surface area contributed by atoms with Crippen LogP contribution >= 0.6 is 0 Å². The van der Waals surface area contributed by atoms with Gasteiger partial charge in [0, 0.05) is 24.9 Å². The molecular formula is C29H36FN3O8S. The molecule has 5 rings (SSSR count). The monoisotopic (exact) mass is 605 g/mol. The van der Waals surface area contributed by atoms with Crippen LogP contribution in [0.25, 0.3) is 0 Å². The largest absolute Gasteiger partial charge is 0.444 e. The van der Waals surface area contributed by atoms with Crippen LogP contribution in [0.1, 0.15) is 64.0 Å². The number of Topliss-reactive ketones (excluding diaryl/α,β-unsaturated/α-hetero) is 1. The summed E-state index contributed by atoms with van der Waals surface area (Å²) in [6.45, 7) is 8.85. The normalized spacial score (nSPS) is 26.8. The molecule has 0 bridgehead atoms. The summed E-state index contributed by atoms with van der Waals surface area (Å²) in [5.41, 5.74) is -1.07. The Labute approximate surface area is 244 Å². The second-order valence-electron chi connectivity index (χ2n) is 12.6. The minimum Gasteiger partial charge on any atom is -0.444 e. The van der Waals surface area contributed by atoms with Crippen LogP contribution in [-0.2, 0) is 42.2 Å². The lowest BCUT2D eigenvalue weighted by Crippen LogP contribution is -2.46. The third kappa shape index (κ3) is 6.02. The fraction of sp³-hybridized carbons (Fsp3) is 0.586. The van der Waals surface area contributed by atoms with Crippen molar-refractivity contribution in [3.8, 4) is 0 Å². The highest BCUT2D eigenvalue weighted by Gasteiger charge is 2.61. The van der Waals surface area contributed by atoms with E-state index in [-0.39, 0.29) is 38.9 Å². The number of likely N-dealkylation sites (tertiary alicyclic amines) is 1. The highest BCUT2D eigenvalue weighted by atomic mass is 32.2. The van der Waals surface area contributed by atoms with E-state index in [9.17, 15) is 32.0 Å². The molecule has 4 aliphatic rings. The quantitative estimate of drug-likeness (QED) is 0.445. The van der Waals surface area contributed by atoms with Gasteiger partial charge in [-0.15, -0.1) is 6.58 Å². The topological polar surface area (TPSA) is 139 Å². The predicted molar refractivity (Wildman–Crippen MR) is 148 cm³/mol. The van der Waals surface area contributed by atoms with Crippen LogP contribution in [0.2, 0.25) is 0 Å². The van der Waals surface area contributed by atoms with Crippen LogP contribution in [0.4, 0.5) is 14.0 Å². The first kappa shape index (κ1) is 30.0. The van der Waals surface area contributed by atoms with Gasteiger partial charge >= 0.3 is 12.2 Å². The molecule has 0 aromatic heterocycles. The molecule has 1 N–H and O–H groups in total. The number of rotatable bonds is 8. The standard InChI is InChI=1S/C29H36FN3O8S/c1-5-18-12-29(18,25(35)31-42(38,39)20-9-10-20)13-24(34)23-11-19(15-33(23)27(37)41-28(2,3)4)40-26(36)32-14-17-7-6-8-22(30)21(17)16-32/h5-8,18-20,23H,1,9-16H2,2-4H3,(H,31,35)/t18-,19-,23+,29-/m1/s1. The van der Waals surface area contributed by atoms with Crippen molar-refractivity contribution in [2.45, 2.75) is 89.0 Å². The molecule has 3 fully saturated rings. The maximum Gasteiger partial charge on any atom is 0.411 e. The van der Waals surface area contributed by atoms with E-state index >= 15 is 0 Å². The van der Waals surface area contributed by atoms with Gasteiger partial charge in [-0.05, 0) is 57.6 Å². The van der Waals surface area contributed by atoms with Crippen molar-refractivity contribution >= 4 is 33.9 Å². The van der Waals surface area contributed by atoms with E-state index < -0.39 is 74.0 Å². The summed E-state index contributed by atoms with van der Waals surface area (Å²) in [5.74, 6) is -2.04. The van der Waals surface area contributed by atoms with E-state index in [1.807, 2.05) is 0 Å². The number of halogens is 1. The summed E-state index contributed by atoms with van der Waals surface area (Å²) in [7, 11) is -3.83. The highest BCUT2D eigenvalue weighted by Crippen LogP contribution is 2.57. The first-order chi connectivity index (χ1) is 19.6. The van der Waals surface area contributed by atoms with Gasteiger partial charge in [0.25, 0.3) is 0 Å². The molecule has 13 heteroatoms. The minimum absolute atomic E-state index is 0.0320. The first-order valence-electron chi connectivity index (χ1n) is 14.1. The Morgan fingerprint density at radius 2 is 1.88 bits per heavy atom. The lowest BCUT2D eigenvalue weighted by Gasteiger charge is -2.28. The van der Waals surface area contributed by atoms with Crippen LogP contribution in [0.5, 0.6) is 0 Å². The highest BCUT2D eigenvalue weighted by molar-refractivity contribution is 7.90. The van der Waals surface area contributed by atoms with Crippen molar-refractivity contribution in [2.75, 3.05) is 6.54 Å². The number of sulfonamides is 1. The number of hydrogen-bond donors (Lipinski definition) is 1. The summed E-state index contributed by atoms with van der Waals surface area (Å²) < 4.78 is 52.4. The molecule has 1 aromatic rings. The van der Waals surface area contributed by atoms with Gasteiger partial charge in [-0.3, -0.25) is 24.1 Å². The van der Waals surface area contributed by atoms with Crippen molar-refractivity contribution in [1.29, 1.82) is 0 Å². The van der Waals surface area contributed by atoms with Gasteiger partial charge in [0.1, 0.15) is 17.5 Å². The van der Waals surface area contributed by atoms with Crippen LogP contribution in [0.3, 0.4) is 0 Å². The molecule has 228 valence electrons. The van der Waals surface area contributed by atoms with Gasteiger partial charge in [0.15, 0.2) is 5.78 Å². The van der Waals surface area contributed by atoms with Gasteiger partial charge < -0.3 is 9.47 Å². The van der Waals surface area contributed by atoms with Crippen molar-refractivity contribution in [1.82, 2.24) is 14.5 Å². The Morgan fingerprint density at radius 1 is 1.17 bits per heavy atom. The minimum atomic E-state index is -3.83. The molecule has 2 aliphatic heterocycles. The van der Waals surface area contributed by atoms with Gasteiger partial charge in [-0.2, -0.15) is 0 Å². The fourth-order valence-electron chi connectivity index (χ4n) is 5.75. The summed E-state index contributed by atoms with van der Waals surface area (Å²) in [6, 6.07) is 3.56. The number of fused-ring (bicyclic) bond motifs is 1. The Bertz CT molecular complexity index is 1440. The molecular weight excluding hydrogens is 569 g/mol. The van der Waals surface area contributed by atoms with Crippen molar-refractivity contribution in [2.24, 2.45) is 11.3 Å². The van der Waals surface area contributed by atoms with E-state index in [4.69, 9.17) is 9.47 Å². The van der Waals surface area contributed by atoms with E-state index in [1.165, 1.54) is 21.9 Å². The zero-order valence-electron chi connectivity index (χ0n) is 23.9. The van der Waals surface area contributed by atoms with Crippen molar-refractivity contribution < 1.29 is 41.5 Å². The molecule has 1 saturated heterocycles. The third-order valence-electron chi connectivity index (χ3n) is 8.27. The third-order valence-corrected chi connectivity index (χ3v) is 10.1. The number of nitrogens with zero attached hydrogens (tertiary/aromatic N) is 2. The van der Waals surface area contributed by atoms with Crippen LogP contribution < -0.4 is 4.72 Å². The van der Waals surface area contributed by atoms with Crippen LogP contribution in [0.15, 0.2) is 30.9 Å². The van der Waals surface area contributed by atoms with E-state index in [0.29, 0.717) is 24.0 Å². The Morgan fingerprint density at radius 3 is 2.48 bits per heavy atom. The fourth-order valence-corrected chi connectivity index (χ4v) is 7.13. The molecule has 3 amide bonds. The smallest absolute Gasteiger partial charge is 0.411 e. The number of benzene rings is 1. The molecule has 0 unspecified atom stereocenters. The summed E-state index contributed by atoms with van der Waals surface area (Å²) in [6.07, 6.45) is 0.0360. The van der Waals surface area contributed by atoms with Gasteiger partial charge in [0.05, 0.1) is 29.8 Å². The van der Waals surface area contributed by atoms with Gasteiger partial charge in [0.2, 0.25) is 15.9 Å². The SMILES string of the molecule is C=C[C@@H]1C[C@]1(CC(=O)[C@@H]1C[C@@H](OC(=O)N2Cc3cccc(F)c3C2)CN1C(=O)OC(C)(C)C)C(=O)NS(=O)(=O)C1CC1. The first-order valence-corrected chi connectivity index (χ1v) is 15.6. The average molecular weight is 606 g/mol. The summed E-state index contributed by atoms with van der Waals surface area (Å²) >= 11 is 0. The molecule has 0 radical (unpaired) electrons. The number of carbonyl (C=O) groups is 4. The maximum absolute atomic E-state index is 14.2. The Kier molecular flexibility index (Phi) is 7.61. The molecule has 42 heavy (non-hydrogen) atoms. The maximum atomic E-state index is 14.2. The molecule has 0 spiro atoms. The predicted octanol–water partition coefficient (Wildman–Crippen LogP) is 3.42. The number of ketones is 1. The summed E-state index contributed by atoms with van der Waals surface area (Å²) in [4.78, 5) is 55.6. The number of carbonyl (C=O) groups excluding carboxylic acids is 4.